The van der Waals surface area contributed by atoms with Crippen LogP contribution >= 0.6 is 0 Å². The third kappa shape index (κ3) is 9.78. The summed E-state index contributed by atoms with van der Waals surface area (Å²) in [5.74, 6) is 2.12. The van der Waals surface area contributed by atoms with Gasteiger partial charge < -0.3 is 19.1 Å². The second kappa shape index (κ2) is 17.4. The molecule has 6 heteroatoms. The van der Waals surface area contributed by atoms with Crippen molar-refractivity contribution in [3.63, 3.8) is 0 Å². The molecule has 0 atom stereocenters. The molecule has 7 aromatic rings. The van der Waals surface area contributed by atoms with E-state index in [1.807, 2.05) is 6.20 Å². The minimum Gasteiger partial charge on any atom is -0.509 e. The largest absolute Gasteiger partial charge is 0.509 e. The molecule has 1 aliphatic rings. The summed E-state index contributed by atoms with van der Waals surface area (Å²) in [5, 5.41) is 2.28. The molecule has 0 amide bonds. The van der Waals surface area contributed by atoms with E-state index in [-0.39, 0.29) is 53.6 Å². The van der Waals surface area contributed by atoms with E-state index in [2.05, 4.69) is 260 Å². The average Bonchev–Trinajstić information content (AvgIpc) is 3.81. The standard InChI is InChI=1S/C61H71N4O.Pt/c1-56(2,3)41-26-29-51-50(35-41)49-28-27-47(38-52(49)65(51)53-36-42(30-31-62-53)57(4,5)6)66-48-34-44(58(7,8)9)33-46(37-48)64-39-63(54(59(10,11)12)55(64)60(13,14)15)45-25-21-24-43(32-45)61(16,17)40-22-19-18-20-23-40;/h18-36,39H,1-17H3;/q-3;. The number of aromatic nitrogens is 2. The number of anilines is 2. The number of benzene rings is 5. The van der Waals surface area contributed by atoms with Crippen LogP contribution in [-0.4, -0.2) is 9.55 Å². The fraction of sp³-hybridized carbons (Fsp3) is 0.377. The van der Waals surface area contributed by atoms with Crippen LogP contribution in [0, 0.1) is 29.6 Å². The molecule has 0 aliphatic carbocycles. The first-order valence-corrected chi connectivity index (χ1v) is 23.7. The molecule has 0 bridgehead atoms. The maximum atomic E-state index is 6.97. The van der Waals surface area contributed by atoms with Crippen LogP contribution < -0.4 is 14.5 Å². The maximum absolute atomic E-state index is 6.97. The van der Waals surface area contributed by atoms with Gasteiger partial charge in [-0.15, -0.1) is 53.6 Å². The number of fused-ring (bicyclic) bond motifs is 3. The smallest absolute Gasteiger partial charge is 0.135 e. The SMILES string of the molecule is CC(C)(C)C1=C(C(C)(C)C)N(c2cccc(C(C)(C)c3ccccc3)c2)[CH-]N1c1[c-]c(Oc2[c-]c3c(cc2)c2cc(C(C)(C)C)ccc2n3-c2cc(C(C)(C)C)ccn2)cc(C(C)(C)C)c1.[Pt]. The molecule has 0 saturated heterocycles. The molecule has 0 N–H and O–H groups in total. The van der Waals surface area contributed by atoms with E-state index < -0.39 is 0 Å². The Hall–Kier alpha value is -5.12. The van der Waals surface area contributed by atoms with Gasteiger partial charge in [0.1, 0.15) is 5.82 Å². The molecule has 67 heavy (non-hydrogen) atoms. The normalized spacial score (nSPS) is 14.3. The van der Waals surface area contributed by atoms with Gasteiger partial charge in [-0.2, -0.15) is 6.07 Å². The molecule has 354 valence electrons. The third-order valence-corrected chi connectivity index (χ3v) is 13.2. The van der Waals surface area contributed by atoms with Crippen LogP contribution in [0.3, 0.4) is 0 Å². The Kier molecular flexibility index (Phi) is 13.0. The summed E-state index contributed by atoms with van der Waals surface area (Å²) in [6, 6.07) is 47.3. The van der Waals surface area contributed by atoms with E-state index in [0.29, 0.717) is 11.5 Å². The zero-order valence-corrected chi connectivity index (χ0v) is 45.3. The molecule has 5 aromatic carbocycles. The van der Waals surface area contributed by atoms with Crippen molar-refractivity contribution in [2.75, 3.05) is 9.80 Å². The molecular weight excluding hydrogens is 1000 g/mol. The number of ether oxygens (including phenoxy) is 1. The predicted molar refractivity (Wildman–Crippen MR) is 279 cm³/mol. The van der Waals surface area contributed by atoms with Gasteiger partial charge in [0.25, 0.3) is 0 Å². The van der Waals surface area contributed by atoms with Gasteiger partial charge in [0.2, 0.25) is 0 Å². The molecule has 5 nitrogen and oxygen atoms in total. The molecule has 2 aromatic heterocycles. The molecule has 0 spiro atoms. The van der Waals surface area contributed by atoms with Crippen molar-refractivity contribution in [1.82, 2.24) is 9.55 Å². The van der Waals surface area contributed by atoms with Gasteiger partial charge in [-0.3, -0.25) is 0 Å². The summed E-state index contributed by atoms with van der Waals surface area (Å²) in [6.07, 6.45) is 1.93. The van der Waals surface area contributed by atoms with Gasteiger partial charge >= 0.3 is 0 Å². The van der Waals surface area contributed by atoms with Gasteiger partial charge in [0.15, 0.2) is 0 Å². The van der Waals surface area contributed by atoms with E-state index in [1.54, 1.807) is 0 Å². The van der Waals surface area contributed by atoms with Gasteiger partial charge in [0, 0.05) is 77.6 Å². The molecule has 8 rings (SSSR count). The molecule has 0 saturated carbocycles. The Labute approximate surface area is 416 Å². The topological polar surface area (TPSA) is 33.5 Å². The Morgan fingerprint density at radius 2 is 1.09 bits per heavy atom. The van der Waals surface area contributed by atoms with Crippen molar-refractivity contribution >= 4 is 33.2 Å². The van der Waals surface area contributed by atoms with E-state index in [9.17, 15) is 0 Å². The minimum atomic E-state index is -0.223. The number of pyridine rings is 1. The number of rotatable bonds is 7. The second-order valence-electron chi connectivity index (χ2n) is 24.1. The Balaban J connectivity index is 0.00000666. The van der Waals surface area contributed by atoms with Crippen LogP contribution in [0.4, 0.5) is 11.4 Å². The molecule has 0 radical (unpaired) electrons. The van der Waals surface area contributed by atoms with Crippen molar-refractivity contribution in [2.24, 2.45) is 10.8 Å². The van der Waals surface area contributed by atoms with E-state index >= 15 is 0 Å². The first kappa shape index (κ1) is 49.8. The summed E-state index contributed by atoms with van der Waals surface area (Å²) in [6.45, 7) is 41.2. The maximum Gasteiger partial charge on any atom is 0.135 e. The minimum absolute atomic E-state index is 0. The van der Waals surface area contributed by atoms with Crippen LogP contribution in [-0.2, 0) is 42.7 Å². The quantitative estimate of drug-likeness (QED) is 0.149. The zero-order valence-electron chi connectivity index (χ0n) is 43.1. The average molecular weight is 1070 g/mol. The molecular formula is C61H71N4OPt-3. The van der Waals surface area contributed by atoms with Gasteiger partial charge in [0.05, 0.1) is 0 Å². The van der Waals surface area contributed by atoms with Crippen LogP contribution in [0.1, 0.15) is 146 Å². The van der Waals surface area contributed by atoms with Gasteiger partial charge in [-0.1, -0.05) is 178 Å². The first-order valence-electron chi connectivity index (χ1n) is 23.7. The Morgan fingerprint density at radius 3 is 1.72 bits per heavy atom. The van der Waals surface area contributed by atoms with Gasteiger partial charge in [-0.05, 0) is 74.2 Å². The fourth-order valence-electron chi connectivity index (χ4n) is 9.30. The van der Waals surface area contributed by atoms with Crippen molar-refractivity contribution in [3.05, 3.63) is 173 Å². The van der Waals surface area contributed by atoms with Crippen LogP contribution in [0.25, 0.3) is 27.6 Å². The number of nitrogens with zero attached hydrogens (tertiary/aromatic N) is 4. The van der Waals surface area contributed by atoms with Crippen molar-refractivity contribution < 1.29 is 25.8 Å². The van der Waals surface area contributed by atoms with E-state index in [1.165, 1.54) is 39.0 Å². The van der Waals surface area contributed by atoms with E-state index in [0.717, 1.165) is 39.2 Å². The molecule has 1 aliphatic heterocycles. The Bertz CT molecular complexity index is 2970. The Morgan fingerprint density at radius 1 is 0.478 bits per heavy atom. The predicted octanol–water partition coefficient (Wildman–Crippen LogP) is 16.5. The van der Waals surface area contributed by atoms with Crippen molar-refractivity contribution in [1.29, 1.82) is 0 Å². The van der Waals surface area contributed by atoms with Crippen LogP contribution in [0.5, 0.6) is 11.5 Å². The summed E-state index contributed by atoms with van der Waals surface area (Å²) < 4.78 is 9.22. The third-order valence-electron chi connectivity index (χ3n) is 13.2. The summed E-state index contributed by atoms with van der Waals surface area (Å²) in [7, 11) is 0. The van der Waals surface area contributed by atoms with Gasteiger partial charge in [-0.25, -0.2) is 4.98 Å². The summed E-state index contributed by atoms with van der Waals surface area (Å²) in [4.78, 5) is 9.74. The summed E-state index contributed by atoms with van der Waals surface area (Å²) in [5.41, 5.74) is 11.9. The second-order valence-corrected chi connectivity index (χ2v) is 24.1. The molecule has 0 fully saturated rings. The molecule has 0 unspecified atom stereocenters. The van der Waals surface area contributed by atoms with Crippen molar-refractivity contribution in [2.45, 2.75) is 139 Å². The number of hydrogen-bond donors (Lipinski definition) is 0. The van der Waals surface area contributed by atoms with Crippen LogP contribution in [0.2, 0.25) is 0 Å². The fourth-order valence-corrected chi connectivity index (χ4v) is 9.30. The monoisotopic (exact) mass is 1070 g/mol. The number of allylic oxidation sites excluding steroid dienone is 2. The summed E-state index contributed by atoms with van der Waals surface area (Å²) >= 11 is 0. The molecule has 3 heterocycles. The first-order chi connectivity index (χ1) is 30.6. The zero-order chi connectivity index (χ0) is 47.9. The van der Waals surface area contributed by atoms with Crippen molar-refractivity contribution in [3.8, 4) is 17.3 Å². The van der Waals surface area contributed by atoms with E-state index in [4.69, 9.17) is 9.72 Å². The van der Waals surface area contributed by atoms with Crippen LogP contribution in [0.15, 0.2) is 127 Å². The number of hydrogen-bond acceptors (Lipinski definition) is 4.